The monoisotopic (exact) mass is 524 g/mol. The number of benzene rings is 1. The lowest BCUT2D eigenvalue weighted by Crippen LogP contribution is -2.35. The first-order valence-electron chi connectivity index (χ1n) is 14.0. The van der Waals surface area contributed by atoms with Crippen LogP contribution in [0.1, 0.15) is 43.9 Å². The van der Waals surface area contributed by atoms with Crippen molar-refractivity contribution < 1.29 is 5.11 Å². The van der Waals surface area contributed by atoms with Gasteiger partial charge in [-0.25, -0.2) is 0 Å². The minimum Gasteiger partial charge on any atom is -0.393 e. The SMILES string of the molecule is C=C(/C=C\C(=C/C)NC(=C)c1n[nH]c2ccc(-c3cncc(CN4CCC(O)CC4)c3)cc12)CN1CCCC1. The van der Waals surface area contributed by atoms with Gasteiger partial charge in [-0.05, 0) is 86.7 Å². The Balaban J connectivity index is 1.28. The molecular weight excluding hydrogens is 484 g/mol. The van der Waals surface area contributed by atoms with E-state index in [1.807, 2.05) is 25.4 Å². The topological polar surface area (TPSA) is 80.3 Å². The molecule has 0 radical (unpaired) electrons. The van der Waals surface area contributed by atoms with Crippen molar-refractivity contribution in [3.05, 3.63) is 90.6 Å². The van der Waals surface area contributed by atoms with Crippen molar-refractivity contribution in [2.75, 3.05) is 32.7 Å². The van der Waals surface area contributed by atoms with E-state index < -0.39 is 0 Å². The molecule has 0 unspecified atom stereocenters. The number of aromatic amines is 1. The number of aliphatic hydroxyl groups excluding tert-OH is 1. The highest BCUT2D eigenvalue weighted by atomic mass is 16.3. The zero-order valence-corrected chi connectivity index (χ0v) is 23.0. The fourth-order valence-corrected chi connectivity index (χ4v) is 5.42. The Kier molecular flexibility index (Phi) is 8.71. The molecule has 7 heteroatoms. The Labute approximate surface area is 231 Å². The van der Waals surface area contributed by atoms with Crippen LogP contribution in [-0.2, 0) is 6.54 Å². The molecular formula is C32H40N6O. The van der Waals surface area contributed by atoms with Gasteiger partial charge in [0.2, 0.25) is 0 Å². The van der Waals surface area contributed by atoms with E-state index in [1.165, 1.54) is 18.4 Å². The number of nitrogens with one attached hydrogen (secondary N) is 2. The van der Waals surface area contributed by atoms with Gasteiger partial charge in [0.05, 0.1) is 17.3 Å². The van der Waals surface area contributed by atoms with Gasteiger partial charge in [-0.1, -0.05) is 31.4 Å². The minimum absolute atomic E-state index is 0.162. The zero-order valence-electron chi connectivity index (χ0n) is 23.0. The number of fused-ring (bicyclic) bond motifs is 1. The summed E-state index contributed by atoms with van der Waals surface area (Å²) in [6, 6.07) is 8.53. The summed E-state index contributed by atoms with van der Waals surface area (Å²) in [6.07, 6.45) is 14.1. The van der Waals surface area contributed by atoms with Crippen molar-refractivity contribution in [3.8, 4) is 11.1 Å². The van der Waals surface area contributed by atoms with Gasteiger partial charge in [0.1, 0.15) is 5.69 Å². The number of pyridine rings is 1. The molecule has 0 amide bonds. The molecule has 0 saturated carbocycles. The molecule has 2 aromatic heterocycles. The van der Waals surface area contributed by atoms with Gasteiger partial charge < -0.3 is 10.4 Å². The quantitative estimate of drug-likeness (QED) is 0.314. The van der Waals surface area contributed by atoms with E-state index in [4.69, 9.17) is 0 Å². The predicted octanol–water partition coefficient (Wildman–Crippen LogP) is 5.25. The molecule has 39 heavy (non-hydrogen) atoms. The Hall–Kier alpha value is -3.52. The largest absolute Gasteiger partial charge is 0.393 e. The predicted molar refractivity (Wildman–Crippen MR) is 160 cm³/mol. The summed E-state index contributed by atoms with van der Waals surface area (Å²) in [4.78, 5) is 9.36. The van der Waals surface area contributed by atoms with E-state index in [0.717, 1.165) is 96.8 Å². The van der Waals surface area contributed by atoms with E-state index in [-0.39, 0.29) is 6.10 Å². The Morgan fingerprint density at radius 2 is 1.85 bits per heavy atom. The maximum atomic E-state index is 9.81. The summed E-state index contributed by atoms with van der Waals surface area (Å²) < 4.78 is 0. The first kappa shape index (κ1) is 27.1. The maximum absolute atomic E-state index is 9.81. The first-order valence-corrected chi connectivity index (χ1v) is 14.0. The Morgan fingerprint density at radius 3 is 2.62 bits per heavy atom. The van der Waals surface area contributed by atoms with E-state index in [2.05, 4.69) is 79.9 Å². The standard InChI is InChI=1S/C32H40N6O/c1-4-28(9-7-23(2)21-37-13-5-6-14-37)34-24(3)32-30-18-26(8-10-31(30)35-36-32)27-17-25(19-33-20-27)22-38-15-11-29(39)12-16-38/h4,7-10,17-20,29,34,39H,2-3,5-6,11-16,21-22H2,1H3,(H,35,36)/b9-7-,28-4+. The van der Waals surface area contributed by atoms with Gasteiger partial charge >= 0.3 is 0 Å². The van der Waals surface area contributed by atoms with Gasteiger partial charge in [0.25, 0.3) is 0 Å². The Bertz CT molecular complexity index is 1370. The molecule has 2 fully saturated rings. The molecule has 0 atom stereocenters. The molecule has 7 nitrogen and oxygen atoms in total. The first-order chi connectivity index (χ1) is 19.0. The van der Waals surface area contributed by atoms with Crippen LogP contribution in [-0.4, -0.2) is 68.9 Å². The van der Waals surface area contributed by atoms with Crippen molar-refractivity contribution >= 4 is 16.6 Å². The summed E-state index contributed by atoms with van der Waals surface area (Å²) in [6.45, 7) is 16.5. The van der Waals surface area contributed by atoms with Crippen molar-refractivity contribution in [2.45, 2.75) is 45.3 Å². The highest BCUT2D eigenvalue weighted by molar-refractivity contribution is 5.92. The van der Waals surface area contributed by atoms with Crippen LogP contribution >= 0.6 is 0 Å². The summed E-state index contributed by atoms with van der Waals surface area (Å²) >= 11 is 0. The van der Waals surface area contributed by atoms with Crippen molar-refractivity contribution in [1.82, 2.24) is 30.3 Å². The number of likely N-dealkylation sites (tertiary alicyclic amines) is 2. The van der Waals surface area contributed by atoms with Crippen LogP contribution in [0, 0.1) is 0 Å². The lowest BCUT2D eigenvalue weighted by molar-refractivity contribution is 0.0792. The third-order valence-corrected chi connectivity index (χ3v) is 7.67. The van der Waals surface area contributed by atoms with Gasteiger partial charge in [0, 0.05) is 55.2 Å². The number of hydrogen-bond acceptors (Lipinski definition) is 6. The summed E-state index contributed by atoms with van der Waals surface area (Å²) in [5, 5.41) is 22.0. The minimum atomic E-state index is -0.162. The van der Waals surface area contributed by atoms with Gasteiger partial charge in [-0.2, -0.15) is 5.10 Å². The molecule has 2 aliphatic rings. The molecule has 0 bridgehead atoms. The van der Waals surface area contributed by atoms with E-state index >= 15 is 0 Å². The van der Waals surface area contributed by atoms with E-state index in [1.54, 1.807) is 0 Å². The molecule has 204 valence electrons. The normalized spacial score (nSPS) is 17.8. The average molecular weight is 525 g/mol. The molecule has 2 aliphatic heterocycles. The second kappa shape index (κ2) is 12.6. The highest BCUT2D eigenvalue weighted by Crippen LogP contribution is 2.28. The number of rotatable bonds is 10. The molecule has 2 saturated heterocycles. The molecule has 4 heterocycles. The lowest BCUT2D eigenvalue weighted by Gasteiger charge is -2.29. The molecule has 0 aliphatic carbocycles. The van der Waals surface area contributed by atoms with Gasteiger partial charge in [-0.15, -0.1) is 0 Å². The molecule has 1 aromatic carbocycles. The number of aromatic nitrogens is 3. The number of H-pyrrole nitrogens is 1. The van der Waals surface area contributed by atoms with E-state index in [9.17, 15) is 5.11 Å². The van der Waals surface area contributed by atoms with Crippen LogP contribution in [0.4, 0.5) is 0 Å². The second-order valence-electron chi connectivity index (χ2n) is 10.7. The van der Waals surface area contributed by atoms with Gasteiger partial charge in [0.15, 0.2) is 0 Å². The van der Waals surface area contributed by atoms with Gasteiger partial charge in [-0.3, -0.25) is 19.9 Å². The third kappa shape index (κ3) is 6.92. The number of hydrogen-bond donors (Lipinski definition) is 3. The number of nitrogens with zero attached hydrogens (tertiary/aromatic N) is 4. The zero-order chi connectivity index (χ0) is 27.2. The molecule has 3 aromatic rings. The fourth-order valence-electron chi connectivity index (χ4n) is 5.42. The number of allylic oxidation sites excluding steroid dienone is 2. The summed E-state index contributed by atoms with van der Waals surface area (Å²) in [5.74, 6) is 0. The lowest BCUT2D eigenvalue weighted by atomic mass is 10.0. The fraction of sp³-hybridized carbons (Fsp3) is 0.375. The average Bonchev–Trinajstić information content (AvgIpc) is 3.62. The van der Waals surface area contributed by atoms with E-state index in [0.29, 0.717) is 0 Å². The number of aliphatic hydroxyl groups is 1. The molecule has 0 spiro atoms. The van der Waals surface area contributed by atoms with Crippen LogP contribution in [0.25, 0.3) is 27.7 Å². The van der Waals surface area contributed by atoms with Crippen LogP contribution in [0.15, 0.2) is 79.3 Å². The van der Waals surface area contributed by atoms with Crippen LogP contribution < -0.4 is 5.32 Å². The van der Waals surface area contributed by atoms with Crippen molar-refractivity contribution in [1.29, 1.82) is 0 Å². The molecule has 5 rings (SSSR count). The van der Waals surface area contributed by atoms with Crippen molar-refractivity contribution in [3.63, 3.8) is 0 Å². The van der Waals surface area contributed by atoms with Crippen LogP contribution in [0.3, 0.4) is 0 Å². The summed E-state index contributed by atoms with van der Waals surface area (Å²) in [5.41, 5.74) is 7.90. The Morgan fingerprint density at radius 1 is 1.05 bits per heavy atom. The molecule has 3 N–H and O–H groups in total. The highest BCUT2D eigenvalue weighted by Gasteiger charge is 2.17. The maximum Gasteiger partial charge on any atom is 0.116 e. The van der Waals surface area contributed by atoms with Crippen LogP contribution in [0.2, 0.25) is 0 Å². The van der Waals surface area contributed by atoms with Crippen LogP contribution in [0.5, 0.6) is 0 Å². The second-order valence-corrected chi connectivity index (χ2v) is 10.7. The summed E-state index contributed by atoms with van der Waals surface area (Å²) in [7, 11) is 0. The third-order valence-electron chi connectivity index (χ3n) is 7.67. The number of piperidine rings is 1. The smallest absolute Gasteiger partial charge is 0.116 e. The van der Waals surface area contributed by atoms with Crippen molar-refractivity contribution in [2.24, 2.45) is 0 Å².